The Morgan fingerprint density at radius 2 is 1.78 bits per heavy atom. The third-order valence-electron chi connectivity index (χ3n) is 9.01. The second-order valence-corrected chi connectivity index (χ2v) is 11.1. The lowest BCUT2D eigenvalue weighted by Crippen LogP contribution is -2.55. The molecule has 6 atom stereocenters. The fourth-order valence-corrected chi connectivity index (χ4v) is 6.47. The van der Waals surface area contributed by atoms with Gasteiger partial charge in [-0.1, -0.05) is 83.4 Å². The molecule has 0 spiro atoms. The van der Waals surface area contributed by atoms with Crippen molar-refractivity contribution in [3.63, 3.8) is 0 Å². The second kappa shape index (κ2) is 9.76. The van der Waals surface area contributed by atoms with Gasteiger partial charge in [-0.05, 0) is 41.9 Å². The van der Waals surface area contributed by atoms with E-state index >= 15 is 0 Å². The molecule has 0 radical (unpaired) electrons. The van der Waals surface area contributed by atoms with Crippen molar-refractivity contribution in [1.82, 2.24) is 14.8 Å². The summed E-state index contributed by atoms with van der Waals surface area (Å²) in [5.74, 6) is 0.987. The highest BCUT2D eigenvalue weighted by Crippen LogP contribution is 2.44. The van der Waals surface area contributed by atoms with E-state index in [2.05, 4.69) is 62.0 Å². The summed E-state index contributed by atoms with van der Waals surface area (Å²) in [7, 11) is 2.04. The summed E-state index contributed by atoms with van der Waals surface area (Å²) in [5, 5.41) is 4.54. The Kier molecular flexibility index (Phi) is 6.67. The quantitative estimate of drug-likeness (QED) is 0.460. The van der Waals surface area contributed by atoms with Crippen LogP contribution in [0.2, 0.25) is 0 Å². The van der Waals surface area contributed by atoms with Crippen molar-refractivity contribution < 1.29 is 9.59 Å². The summed E-state index contributed by atoms with van der Waals surface area (Å²) >= 11 is 0. The van der Waals surface area contributed by atoms with Crippen molar-refractivity contribution in [2.75, 3.05) is 0 Å². The van der Waals surface area contributed by atoms with Gasteiger partial charge in [0.2, 0.25) is 5.91 Å². The summed E-state index contributed by atoms with van der Waals surface area (Å²) < 4.78 is 2.12. The van der Waals surface area contributed by atoms with Gasteiger partial charge in [-0.15, -0.1) is 0 Å². The number of carbonyl (C=O) groups is 2. The number of nitrogens with one attached hydrogen (secondary N) is 1. The Balaban J connectivity index is 1.60. The van der Waals surface area contributed by atoms with Crippen molar-refractivity contribution in [3.8, 4) is 0 Å². The smallest absolute Gasteiger partial charge is 0.255 e. The molecule has 2 aromatic carbocycles. The molecule has 1 saturated carbocycles. The molecule has 1 N–H and O–H groups in total. The molecular weight excluding hydrogens is 446 g/mol. The minimum absolute atomic E-state index is 0.0123. The van der Waals surface area contributed by atoms with Crippen molar-refractivity contribution in [3.05, 3.63) is 71.4 Å². The normalized spacial score (nSPS) is 25.6. The van der Waals surface area contributed by atoms with Crippen LogP contribution in [0.25, 0.3) is 10.9 Å². The molecule has 190 valence electrons. The first kappa shape index (κ1) is 24.6. The van der Waals surface area contributed by atoms with Gasteiger partial charge in [0.05, 0.1) is 6.04 Å². The Morgan fingerprint density at radius 1 is 1.06 bits per heavy atom. The number of carbonyl (C=O) groups excluding carboxylic acids is 2. The van der Waals surface area contributed by atoms with Gasteiger partial charge < -0.3 is 14.8 Å². The Hall–Kier alpha value is -3.08. The van der Waals surface area contributed by atoms with Crippen LogP contribution in [0.4, 0.5) is 0 Å². The SMILES string of the molecule is CCC(C)C(C(=O)NC1CCCC(C)C1C)N1C(=O)c2ccccc2C1c1cn(C)c2ccccc12. The average molecular weight is 486 g/mol. The van der Waals surface area contributed by atoms with Crippen LogP contribution in [0.1, 0.15) is 80.9 Å². The summed E-state index contributed by atoms with van der Waals surface area (Å²) in [6, 6.07) is 15.5. The lowest BCUT2D eigenvalue weighted by molar-refractivity contribution is -0.129. The van der Waals surface area contributed by atoms with E-state index in [4.69, 9.17) is 0 Å². The lowest BCUT2D eigenvalue weighted by atomic mass is 9.78. The van der Waals surface area contributed by atoms with Gasteiger partial charge >= 0.3 is 0 Å². The number of hydrogen-bond acceptors (Lipinski definition) is 2. The summed E-state index contributed by atoms with van der Waals surface area (Å²) in [4.78, 5) is 30.0. The van der Waals surface area contributed by atoms with E-state index < -0.39 is 6.04 Å². The zero-order valence-electron chi connectivity index (χ0n) is 22.2. The van der Waals surface area contributed by atoms with Crippen LogP contribution in [0, 0.1) is 17.8 Å². The molecule has 3 aromatic rings. The van der Waals surface area contributed by atoms with Gasteiger partial charge in [0, 0.05) is 41.3 Å². The highest BCUT2D eigenvalue weighted by Gasteiger charge is 2.46. The molecule has 1 aliphatic heterocycles. The van der Waals surface area contributed by atoms with Crippen LogP contribution < -0.4 is 5.32 Å². The lowest BCUT2D eigenvalue weighted by Gasteiger charge is -2.39. The van der Waals surface area contributed by atoms with Crippen molar-refractivity contribution in [1.29, 1.82) is 0 Å². The summed E-state index contributed by atoms with van der Waals surface area (Å²) in [6.07, 6.45) is 6.30. The summed E-state index contributed by atoms with van der Waals surface area (Å²) in [5.41, 5.74) is 3.89. The predicted molar refractivity (Wildman–Crippen MR) is 145 cm³/mol. The van der Waals surface area contributed by atoms with Crippen molar-refractivity contribution in [2.45, 2.75) is 71.5 Å². The molecule has 5 heteroatoms. The molecule has 1 aromatic heterocycles. The van der Waals surface area contributed by atoms with Gasteiger partial charge in [-0.3, -0.25) is 9.59 Å². The number of amides is 2. The maximum Gasteiger partial charge on any atom is 0.255 e. The molecular formula is C31H39N3O2. The molecule has 0 saturated heterocycles. The zero-order valence-corrected chi connectivity index (χ0v) is 22.2. The largest absolute Gasteiger partial charge is 0.351 e. The number of fused-ring (bicyclic) bond motifs is 2. The maximum absolute atomic E-state index is 14.1. The highest BCUT2D eigenvalue weighted by atomic mass is 16.2. The monoisotopic (exact) mass is 485 g/mol. The van der Waals surface area contributed by atoms with Gasteiger partial charge in [-0.25, -0.2) is 0 Å². The second-order valence-electron chi connectivity index (χ2n) is 11.1. The topological polar surface area (TPSA) is 54.3 Å². The molecule has 2 amide bonds. The molecule has 1 fully saturated rings. The average Bonchev–Trinajstić information content (AvgIpc) is 3.36. The number of benzene rings is 2. The molecule has 2 heterocycles. The van der Waals surface area contributed by atoms with Crippen molar-refractivity contribution >= 4 is 22.7 Å². The minimum Gasteiger partial charge on any atom is -0.351 e. The van der Waals surface area contributed by atoms with E-state index in [0.717, 1.165) is 41.3 Å². The molecule has 1 aliphatic carbocycles. The van der Waals surface area contributed by atoms with Crippen LogP contribution in [0.15, 0.2) is 54.7 Å². The van der Waals surface area contributed by atoms with Crippen LogP contribution in [0.5, 0.6) is 0 Å². The maximum atomic E-state index is 14.1. The predicted octanol–water partition coefficient (Wildman–Crippen LogP) is 6.08. The van der Waals surface area contributed by atoms with E-state index in [0.29, 0.717) is 17.4 Å². The number of aryl methyl sites for hydroxylation is 1. The van der Waals surface area contributed by atoms with Gasteiger partial charge in [0.25, 0.3) is 5.91 Å². The van der Waals surface area contributed by atoms with Crippen LogP contribution in [-0.4, -0.2) is 33.4 Å². The van der Waals surface area contributed by atoms with Crippen LogP contribution in [-0.2, 0) is 11.8 Å². The number of rotatable bonds is 6. The van der Waals surface area contributed by atoms with Crippen molar-refractivity contribution in [2.24, 2.45) is 24.8 Å². The number of para-hydroxylation sites is 1. The first-order chi connectivity index (χ1) is 17.3. The van der Waals surface area contributed by atoms with Gasteiger partial charge in [0.15, 0.2) is 0 Å². The molecule has 0 bridgehead atoms. The number of aromatic nitrogens is 1. The molecule has 5 nitrogen and oxygen atoms in total. The first-order valence-electron chi connectivity index (χ1n) is 13.6. The molecule has 6 unspecified atom stereocenters. The fraction of sp³-hybridized carbons (Fsp3) is 0.484. The Morgan fingerprint density at radius 3 is 2.56 bits per heavy atom. The Bertz CT molecular complexity index is 1280. The third-order valence-corrected chi connectivity index (χ3v) is 9.01. The first-order valence-corrected chi connectivity index (χ1v) is 13.6. The van der Waals surface area contributed by atoms with E-state index in [9.17, 15) is 9.59 Å². The third kappa shape index (κ3) is 4.03. The fourth-order valence-electron chi connectivity index (χ4n) is 6.47. The molecule has 36 heavy (non-hydrogen) atoms. The van der Waals surface area contributed by atoms with Gasteiger partial charge in [-0.2, -0.15) is 0 Å². The Labute approximate surface area is 214 Å². The van der Waals surface area contributed by atoms with E-state index in [1.807, 2.05) is 42.3 Å². The number of hydrogen-bond donors (Lipinski definition) is 1. The molecule has 2 aliphatic rings. The minimum atomic E-state index is -0.539. The zero-order chi connectivity index (χ0) is 25.6. The van der Waals surface area contributed by atoms with Crippen LogP contribution in [0.3, 0.4) is 0 Å². The number of nitrogens with zero attached hydrogens (tertiary/aromatic N) is 2. The van der Waals surface area contributed by atoms with E-state index in [-0.39, 0.29) is 29.8 Å². The van der Waals surface area contributed by atoms with E-state index in [1.165, 1.54) is 6.42 Å². The summed E-state index contributed by atoms with van der Waals surface area (Å²) in [6.45, 7) is 8.75. The van der Waals surface area contributed by atoms with E-state index in [1.54, 1.807) is 0 Å². The standard InChI is InChI=1S/C31H39N3O2/c1-6-19(2)28(30(35)32-26-16-11-12-20(3)21(26)4)34-29(23-14-7-8-15-24(23)31(34)36)25-18-33(5)27-17-10-9-13-22(25)27/h7-10,13-15,17-21,26,28-29H,6,11-12,16H2,1-5H3,(H,32,35). The highest BCUT2D eigenvalue weighted by molar-refractivity contribution is 6.03. The van der Waals surface area contributed by atoms with Crippen LogP contribution >= 0.6 is 0 Å². The van der Waals surface area contributed by atoms with Gasteiger partial charge in [0.1, 0.15) is 6.04 Å². The molecule has 5 rings (SSSR count).